The van der Waals surface area contributed by atoms with Crippen molar-refractivity contribution in [1.82, 2.24) is 9.80 Å². The van der Waals surface area contributed by atoms with Crippen LogP contribution >= 0.6 is 0 Å². The van der Waals surface area contributed by atoms with E-state index in [0.29, 0.717) is 26.1 Å². The highest BCUT2D eigenvalue weighted by atomic mass is 16.6. The summed E-state index contributed by atoms with van der Waals surface area (Å²) < 4.78 is 9.98. The molecule has 7 nitrogen and oxygen atoms in total. The molecule has 0 aromatic heterocycles. The second-order valence-corrected chi connectivity index (χ2v) is 4.31. The summed E-state index contributed by atoms with van der Waals surface area (Å²) in [6.07, 6.45) is -0.762. The van der Waals surface area contributed by atoms with Crippen LogP contribution in [0.1, 0.15) is 6.42 Å². The van der Waals surface area contributed by atoms with Gasteiger partial charge in [0.25, 0.3) is 0 Å². The minimum atomic E-state index is -0.434. The molecule has 2 rings (SSSR count). The van der Waals surface area contributed by atoms with E-state index in [2.05, 4.69) is 0 Å². The van der Waals surface area contributed by atoms with Crippen molar-refractivity contribution in [2.75, 3.05) is 33.3 Å². The highest BCUT2D eigenvalue weighted by molar-refractivity contribution is 5.70. The highest BCUT2D eigenvalue weighted by Gasteiger charge is 2.33. The van der Waals surface area contributed by atoms with Crippen LogP contribution in [-0.2, 0) is 9.47 Å². The van der Waals surface area contributed by atoms with Crippen molar-refractivity contribution < 1.29 is 24.2 Å². The van der Waals surface area contributed by atoms with Gasteiger partial charge in [-0.2, -0.15) is 0 Å². The fourth-order valence-electron chi connectivity index (χ4n) is 1.95. The third kappa shape index (κ3) is 2.60. The van der Waals surface area contributed by atoms with Gasteiger partial charge in [0.2, 0.25) is 0 Å². The lowest BCUT2D eigenvalue weighted by atomic mass is 10.2. The zero-order valence-electron chi connectivity index (χ0n) is 9.66. The first-order valence-electron chi connectivity index (χ1n) is 5.58. The quantitative estimate of drug-likeness (QED) is 0.730. The average molecular weight is 244 g/mol. The summed E-state index contributed by atoms with van der Waals surface area (Å²) in [5.74, 6) is 0. The lowest BCUT2D eigenvalue weighted by Crippen LogP contribution is -2.30. The van der Waals surface area contributed by atoms with Gasteiger partial charge >= 0.3 is 12.2 Å². The molecule has 17 heavy (non-hydrogen) atoms. The van der Waals surface area contributed by atoms with Crippen molar-refractivity contribution in [2.24, 2.45) is 0 Å². The summed E-state index contributed by atoms with van der Waals surface area (Å²) in [5.41, 5.74) is 0. The van der Waals surface area contributed by atoms with Crippen molar-refractivity contribution >= 4 is 12.2 Å². The van der Waals surface area contributed by atoms with E-state index in [-0.39, 0.29) is 18.8 Å². The summed E-state index contributed by atoms with van der Waals surface area (Å²) in [5, 5.41) is 8.87. The maximum atomic E-state index is 11.4. The van der Waals surface area contributed by atoms with E-state index >= 15 is 0 Å². The Morgan fingerprint density at radius 3 is 2.47 bits per heavy atom. The minimum Gasteiger partial charge on any atom is -0.444 e. The van der Waals surface area contributed by atoms with Gasteiger partial charge in [-0.1, -0.05) is 0 Å². The predicted molar refractivity (Wildman–Crippen MR) is 56.4 cm³/mol. The number of hydrogen-bond acceptors (Lipinski definition) is 5. The van der Waals surface area contributed by atoms with E-state index < -0.39 is 12.2 Å². The van der Waals surface area contributed by atoms with Crippen molar-refractivity contribution in [2.45, 2.75) is 18.6 Å². The Bertz CT molecular complexity index is 322. The number of ether oxygens (including phenoxy) is 2. The third-order valence-corrected chi connectivity index (χ3v) is 2.93. The van der Waals surface area contributed by atoms with Crippen LogP contribution in [-0.4, -0.2) is 72.6 Å². The first-order valence-corrected chi connectivity index (χ1v) is 5.58. The van der Waals surface area contributed by atoms with Crippen molar-refractivity contribution in [3.05, 3.63) is 0 Å². The molecule has 0 unspecified atom stereocenters. The number of carbonyl (C=O) groups excluding carboxylic acids is 2. The lowest BCUT2D eigenvalue weighted by molar-refractivity contribution is 0.0943. The van der Waals surface area contributed by atoms with Gasteiger partial charge < -0.3 is 24.4 Å². The highest BCUT2D eigenvalue weighted by Crippen LogP contribution is 2.16. The van der Waals surface area contributed by atoms with Gasteiger partial charge in [0.05, 0.1) is 19.7 Å². The molecule has 2 aliphatic rings. The Morgan fingerprint density at radius 1 is 1.24 bits per heavy atom. The Kier molecular flexibility index (Phi) is 3.37. The molecule has 7 heteroatoms. The molecule has 0 spiro atoms. The van der Waals surface area contributed by atoms with E-state index in [4.69, 9.17) is 14.6 Å². The number of rotatable bonds is 4. The van der Waals surface area contributed by atoms with Gasteiger partial charge in [0.15, 0.2) is 0 Å². The molecular weight excluding hydrogens is 228 g/mol. The SMILES string of the molecule is CN1C[C@@H](CCN2C[C@@H](CO)OC2=O)OC1=O. The first kappa shape index (κ1) is 12.0. The van der Waals surface area contributed by atoms with Gasteiger partial charge in [0.1, 0.15) is 12.2 Å². The van der Waals surface area contributed by atoms with Crippen molar-refractivity contribution in [3.8, 4) is 0 Å². The normalized spacial score (nSPS) is 28.6. The van der Waals surface area contributed by atoms with Gasteiger partial charge in [-0.3, -0.25) is 0 Å². The number of carbonyl (C=O) groups is 2. The van der Waals surface area contributed by atoms with Gasteiger partial charge in [-0.25, -0.2) is 9.59 Å². The summed E-state index contributed by atoms with van der Waals surface area (Å²) in [6.45, 7) is 1.25. The fourth-order valence-corrected chi connectivity index (χ4v) is 1.95. The number of likely N-dealkylation sites (N-methyl/N-ethyl adjacent to an activating group) is 1. The van der Waals surface area contributed by atoms with Crippen LogP contribution in [0.3, 0.4) is 0 Å². The van der Waals surface area contributed by atoms with Gasteiger partial charge in [-0.05, 0) is 0 Å². The molecule has 2 atom stereocenters. The third-order valence-electron chi connectivity index (χ3n) is 2.93. The molecule has 2 fully saturated rings. The maximum Gasteiger partial charge on any atom is 0.410 e. The molecule has 0 radical (unpaired) electrons. The molecule has 2 amide bonds. The molecule has 2 aliphatic heterocycles. The molecular formula is C10H16N2O5. The molecule has 2 saturated heterocycles. The number of aliphatic hydroxyl groups is 1. The molecule has 0 aliphatic carbocycles. The maximum absolute atomic E-state index is 11.4. The summed E-state index contributed by atoms with van der Waals surface area (Å²) in [7, 11) is 1.67. The summed E-state index contributed by atoms with van der Waals surface area (Å²) in [6, 6.07) is 0. The van der Waals surface area contributed by atoms with Gasteiger partial charge in [0, 0.05) is 20.0 Å². The van der Waals surface area contributed by atoms with Crippen LogP contribution in [0.15, 0.2) is 0 Å². The van der Waals surface area contributed by atoms with Crippen LogP contribution in [0.4, 0.5) is 9.59 Å². The van der Waals surface area contributed by atoms with Crippen LogP contribution in [0.25, 0.3) is 0 Å². The van der Waals surface area contributed by atoms with E-state index in [1.165, 1.54) is 9.80 Å². The summed E-state index contributed by atoms with van der Waals surface area (Å²) >= 11 is 0. The van der Waals surface area contributed by atoms with Crippen LogP contribution in [0.2, 0.25) is 0 Å². The van der Waals surface area contributed by atoms with Crippen LogP contribution in [0, 0.1) is 0 Å². The van der Waals surface area contributed by atoms with E-state index in [1.807, 2.05) is 0 Å². The molecule has 96 valence electrons. The zero-order valence-corrected chi connectivity index (χ0v) is 9.66. The molecule has 2 heterocycles. The number of nitrogens with zero attached hydrogens (tertiary/aromatic N) is 2. The number of amides is 2. The number of hydrogen-bond donors (Lipinski definition) is 1. The van der Waals surface area contributed by atoms with Crippen LogP contribution < -0.4 is 0 Å². The molecule has 0 aromatic carbocycles. The molecule has 1 N–H and O–H groups in total. The smallest absolute Gasteiger partial charge is 0.410 e. The topological polar surface area (TPSA) is 79.3 Å². The number of aliphatic hydroxyl groups excluding tert-OH is 1. The second-order valence-electron chi connectivity index (χ2n) is 4.31. The van der Waals surface area contributed by atoms with Gasteiger partial charge in [-0.15, -0.1) is 0 Å². The summed E-state index contributed by atoms with van der Waals surface area (Å²) in [4.78, 5) is 25.5. The lowest BCUT2D eigenvalue weighted by Gasteiger charge is -2.14. The standard InChI is InChI=1S/C10H16N2O5/c1-11-4-7(16-9(11)14)2-3-12-5-8(6-13)17-10(12)15/h7-8,13H,2-6H2,1H3/t7-,8+/m1/s1. The van der Waals surface area contributed by atoms with Crippen molar-refractivity contribution in [3.63, 3.8) is 0 Å². The predicted octanol–water partition coefficient (Wildman–Crippen LogP) is -0.360. The minimum absolute atomic E-state index is 0.163. The molecule has 0 aromatic rings. The monoisotopic (exact) mass is 244 g/mol. The van der Waals surface area contributed by atoms with E-state index in [0.717, 1.165) is 0 Å². The Balaban J connectivity index is 1.76. The second kappa shape index (κ2) is 4.79. The largest absolute Gasteiger partial charge is 0.444 e. The Labute approximate surface area is 98.9 Å². The van der Waals surface area contributed by atoms with E-state index in [9.17, 15) is 9.59 Å². The molecule has 0 saturated carbocycles. The number of cyclic esters (lactones) is 2. The molecule has 0 bridgehead atoms. The zero-order chi connectivity index (χ0) is 12.4. The fraction of sp³-hybridized carbons (Fsp3) is 0.800. The van der Waals surface area contributed by atoms with Crippen LogP contribution in [0.5, 0.6) is 0 Å². The average Bonchev–Trinajstić information content (AvgIpc) is 2.80. The van der Waals surface area contributed by atoms with Crippen molar-refractivity contribution in [1.29, 1.82) is 0 Å². The Hall–Kier alpha value is -1.50. The first-order chi connectivity index (χ1) is 8.10. The Morgan fingerprint density at radius 2 is 1.94 bits per heavy atom. The van der Waals surface area contributed by atoms with E-state index in [1.54, 1.807) is 7.05 Å².